The van der Waals surface area contributed by atoms with Gasteiger partial charge >= 0.3 is 5.69 Å². The zero-order valence-corrected chi connectivity index (χ0v) is 13.9. The molecule has 0 atom stereocenters. The molecule has 21 heavy (non-hydrogen) atoms. The number of aromatic nitrogens is 2. The maximum atomic E-state index is 11.2. The van der Waals surface area contributed by atoms with Crippen LogP contribution in [0.15, 0.2) is 0 Å². The summed E-state index contributed by atoms with van der Waals surface area (Å²) in [6.45, 7) is 11.5. The summed E-state index contributed by atoms with van der Waals surface area (Å²) < 4.78 is 1.69. The van der Waals surface area contributed by atoms with Gasteiger partial charge in [0.15, 0.2) is 0 Å². The summed E-state index contributed by atoms with van der Waals surface area (Å²) in [5.74, 6) is 0.514. The molecule has 0 bridgehead atoms. The first-order valence-electron chi connectivity index (χ1n) is 7.43. The van der Waals surface area contributed by atoms with Crippen LogP contribution in [0, 0.1) is 17.0 Å². The minimum Gasteiger partial charge on any atom is -0.364 e. The van der Waals surface area contributed by atoms with Crippen LogP contribution in [-0.2, 0) is 0 Å². The van der Waals surface area contributed by atoms with Gasteiger partial charge in [-0.25, -0.2) is 4.68 Å². The highest BCUT2D eigenvalue weighted by molar-refractivity contribution is 5.59. The molecule has 1 rings (SSSR count). The maximum Gasteiger partial charge on any atom is 0.333 e. The zero-order valence-electron chi connectivity index (χ0n) is 13.9. The Labute approximate surface area is 126 Å². The second kappa shape index (κ2) is 7.40. The lowest BCUT2D eigenvalue weighted by molar-refractivity contribution is -0.384. The third-order valence-electron chi connectivity index (χ3n) is 3.59. The summed E-state index contributed by atoms with van der Waals surface area (Å²) in [4.78, 5) is 13.1. The van der Waals surface area contributed by atoms with E-state index in [9.17, 15) is 10.1 Å². The zero-order chi connectivity index (χ0) is 16.2. The molecule has 7 nitrogen and oxygen atoms in total. The molecule has 0 aliphatic heterocycles. The number of hydrogen-bond donors (Lipinski definition) is 1. The Kier molecular flexibility index (Phi) is 6.14. The number of nitrogens with one attached hydrogen (secondary N) is 1. The van der Waals surface area contributed by atoms with Gasteiger partial charge in [0.1, 0.15) is 5.69 Å². The molecule has 0 saturated carbocycles. The van der Waals surface area contributed by atoms with E-state index >= 15 is 0 Å². The summed E-state index contributed by atoms with van der Waals surface area (Å²) in [5.41, 5.74) is 0.538. The first-order valence-corrected chi connectivity index (χ1v) is 7.43. The second-order valence-corrected chi connectivity index (χ2v) is 5.93. The van der Waals surface area contributed by atoms with Crippen molar-refractivity contribution in [2.24, 2.45) is 0 Å². The molecule has 0 fully saturated rings. The number of nitrogens with zero attached hydrogens (tertiary/aromatic N) is 4. The van der Waals surface area contributed by atoms with E-state index in [-0.39, 0.29) is 16.7 Å². The van der Waals surface area contributed by atoms with Crippen molar-refractivity contribution in [1.82, 2.24) is 14.7 Å². The Morgan fingerprint density at radius 1 is 1.38 bits per heavy atom. The number of rotatable bonds is 8. The topological polar surface area (TPSA) is 76.2 Å². The van der Waals surface area contributed by atoms with Crippen LogP contribution in [0.3, 0.4) is 0 Å². The Balaban J connectivity index is 2.75. The Morgan fingerprint density at radius 2 is 2.00 bits per heavy atom. The Morgan fingerprint density at radius 3 is 2.48 bits per heavy atom. The van der Waals surface area contributed by atoms with E-state index in [1.54, 1.807) is 11.6 Å². The van der Waals surface area contributed by atoms with E-state index in [0.29, 0.717) is 24.1 Å². The molecule has 1 aromatic heterocycles. The van der Waals surface area contributed by atoms with Gasteiger partial charge in [0, 0.05) is 18.6 Å². The maximum absolute atomic E-state index is 11.2. The summed E-state index contributed by atoms with van der Waals surface area (Å²) in [7, 11) is 2.08. The fourth-order valence-corrected chi connectivity index (χ4v) is 2.09. The summed E-state index contributed by atoms with van der Waals surface area (Å²) in [6.07, 6.45) is 0.925. The van der Waals surface area contributed by atoms with Crippen molar-refractivity contribution in [3.8, 4) is 0 Å². The third-order valence-corrected chi connectivity index (χ3v) is 3.59. The van der Waals surface area contributed by atoms with Crippen LogP contribution >= 0.6 is 0 Å². The van der Waals surface area contributed by atoms with Crippen LogP contribution in [0.5, 0.6) is 0 Å². The normalized spacial score (nSPS) is 11.7. The third kappa shape index (κ3) is 4.42. The summed E-state index contributed by atoms with van der Waals surface area (Å²) in [6, 6.07) is 0.584. The highest BCUT2D eigenvalue weighted by Crippen LogP contribution is 2.30. The highest BCUT2D eigenvalue weighted by atomic mass is 16.6. The average Bonchev–Trinajstić information content (AvgIpc) is 2.71. The molecule has 7 heteroatoms. The van der Waals surface area contributed by atoms with E-state index in [2.05, 4.69) is 36.2 Å². The van der Waals surface area contributed by atoms with Crippen molar-refractivity contribution in [1.29, 1.82) is 0 Å². The lowest BCUT2D eigenvalue weighted by Gasteiger charge is -2.21. The van der Waals surface area contributed by atoms with Crippen molar-refractivity contribution in [2.75, 3.05) is 25.5 Å². The molecular formula is C14H27N5O2. The number of aryl methyl sites for hydroxylation is 1. The molecule has 1 heterocycles. The van der Waals surface area contributed by atoms with Gasteiger partial charge in [0.2, 0.25) is 5.82 Å². The first kappa shape index (κ1) is 17.4. The summed E-state index contributed by atoms with van der Waals surface area (Å²) >= 11 is 0. The van der Waals surface area contributed by atoms with E-state index in [0.717, 1.165) is 13.0 Å². The number of nitro groups is 1. The predicted octanol–water partition coefficient (Wildman–Crippen LogP) is 2.82. The predicted molar refractivity (Wildman–Crippen MR) is 84.9 cm³/mol. The van der Waals surface area contributed by atoms with Gasteiger partial charge in [-0.1, -0.05) is 0 Å². The van der Waals surface area contributed by atoms with Gasteiger partial charge in [-0.05, 0) is 54.6 Å². The number of hydrogen-bond acceptors (Lipinski definition) is 5. The average molecular weight is 297 g/mol. The summed E-state index contributed by atoms with van der Waals surface area (Å²) in [5, 5.41) is 18.7. The van der Waals surface area contributed by atoms with Crippen molar-refractivity contribution >= 4 is 11.5 Å². The van der Waals surface area contributed by atoms with Crippen molar-refractivity contribution in [3.05, 3.63) is 15.8 Å². The SMILES string of the molecule is Cc1nn(C(C)C)c(NCCCN(C)C(C)C)c1[N+](=O)[O-]. The van der Waals surface area contributed by atoms with Crippen molar-refractivity contribution in [3.63, 3.8) is 0 Å². The van der Waals surface area contributed by atoms with Gasteiger partial charge < -0.3 is 10.2 Å². The monoisotopic (exact) mass is 297 g/mol. The van der Waals surface area contributed by atoms with Crippen LogP contribution in [-0.4, -0.2) is 45.8 Å². The smallest absolute Gasteiger partial charge is 0.333 e. The van der Waals surface area contributed by atoms with Gasteiger partial charge in [0.25, 0.3) is 0 Å². The molecule has 1 aromatic rings. The largest absolute Gasteiger partial charge is 0.364 e. The molecular weight excluding hydrogens is 270 g/mol. The van der Waals surface area contributed by atoms with Crippen LogP contribution in [0.25, 0.3) is 0 Å². The first-order chi connectivity index (χ1) is 9.75. The van der Waals surface area contributed by atoms with Crippen molar-refractivity contribution in [2.45, 2.75) is 53.1 Å². The Bertz CT molecular complexity index is 482. The van der Waals surface area contributed by atoms with E-state index in [1.165, 1.54) is 0 Å². The van der Waals surface area contributed by atoms with E-state index in [4.69, 9.17) is 0 Å². The minimum absolute atomic E-state index is 0.0817. The fourth-order valence-electron chi connectivity index (χ4n) is 2.09. The van der Waals surface area contributed by atoms with E-state index < -0.39 is 0 Å². The molecule has 0 unspecified atom stereocenters. The molecule has 0 amide bonds. The lowest BCUT2D eigenvalue weighted by atomic mass is 10.3. The van der Waals surface area contributed by atoms with Gasteiger partial charge in [0.05, 0.1) is 4.92 Å². The quantitative estimate of drug-likeness (QED) is 0.453. The molecule has 1 N–H and O–H groups in total. The minimum atomic E-state index is -0.357. The highest BCUT2D eigenvalue weighted by Gasteiger charge is 2.26. The molecule has 0 aliphatic carbocycles. The van der Waals surface area contributed by atoms with Gasteiger partial charge in [-0.3, -0.25) is 10.1 Å². The van der Waals surface area contributed by atoms with Gasteiger partial charge in [-0.2, -0.15) is 5.10 Å². The van der Waals surface area contributed by atoms with Crippen molar-refractivity contribution < 1.29 is 4.92 Å². The molecule has 0 radical (unpaired) electrons. The fraction of sp³-hybridized carbons (Fsp3) is 0.786. The van der Waals surface area contributed by atoms with Gasteiger partial charge in [-0.15, -0.1) is 0 Å². The van der Waals surface area contributed by atoms with E-state index in [1.807, 2.05) is 13.8 Å². The molecule has 0 saturated heterocycles. The molecule has 0 aromatic carbocycles. The number of anilines is 1. The molecule has 120 valence electrons. The van der Waals surface area contributed by atoms with Crippen LogP contribution in [0.2, 0.25) is 0 Å². The molecule has 0 spiro atoms. The lowest BCUT2D eigenvalue weighted by Crippen LogP contribution is -2.28. The standard InChI is InChI=1S/C14H27N5O2/c1-10(2)17(6)9-7-8-15-14-13(19(20)21)12(5)16-18(14)11(3)4/h10-11,15H,7-9H2,1-6H3. The van der Waals surface area contributed by atoms with Crippen LogP contribution in [0.1, 0.15) is 45.9 Å². The van der Waals surface area contributed by atoms with Crippen LogP contribution in [0.4, 0.5) is 11.5 Å². The molecule has 0 aliphatic rings. The Hall–Kier alpha value is -1.63. The second-order valence-electron chi connectivity index (χ2n) is 5.93. The van der Waals surface area contributed by atoms with Crippen LogP contribution < -0.4 is 5.32 Å².